The standard InChI is InChI=1S/C12H18O5S2.Na/c13-19(14,15)6-4-2-1-3-5-10-7-16-11-8-18-9-12(11)17-10;/h8-10H,1-7H2,(H,13,14,15);. The quantitative estimate of drug-likeness (QED) is 0.472. The van der Waals surface area contributed by atoms with Crippen LogP contribution in [0.2, 0.25) is 0 Å². The molecule has 20 heavy (non-hydrogen) atoms. The average Bonchev–Trinajstić information content (AvgIpc) is 2.79. The van der Waals surface area contributed by atoms with Crippen molar-refractivity contribution >= 4 is 51.0 Å². The van der Waals surface area contributed by atoms with E-state index in [2.05, 4.69) is 0 Å². The van der Waals surface area contributed by atoms with Gasteiger partial charge in [-0.3, -0.25) is 4.55 Å². The van der Waals surface area contributed by atoms with Crippen molar-refractivity contribution in [2.24, 2.45) is 0 Å². The zero-order valence-electron chi connectivity index (χ0n) is 11.6. The van der Waals surface area contributed by atoms with Gasteiger partial charge >= 0.3 is 0 Å². The van der Waals surface area contributed by atoms with Crippen LogP contribution >= 0.6 is 11.3 Å². The predicted molar refractivity (Wildman–Crippen MR) is 79.5 cm³/mol. The van der Waals surface area contributed by atoms with Crippen LogP contribution in [0.3, 0.4) is 0 Å². The molecule has 2 heterocycles. The molecule has 1 atom stereocenters. The summed E-state index contributed by atoms with van der Waals surface area (Å²) in [6.45, 7) is 0.578. The first-order valence-corrected chi connectivity index (χ1v) is 8.90. The van der Waals surface area contributed by atoms with Crippen LogP contribution in [-0.2, 0) is 10.1 Å². The molecule has 8 heteroatoms. The molecule has 109 valence electrons. The van der Waals surface area contributed by atoms with Gasteiger partial charge in [0.25, 0.3) is 10.1 Å². The van der Waals surface area contributed by atoms with Crippen molar-refractivity contribution in [1.82, 2.24) is 0 Å². The summed E-state index contributed by atoms with van der Waals surface area (Å²) in [6.07, 6.45) is 4.21. The number of hydrogen-bond acceptors (Lipinski definition) is 5. The van der Waals surface area contributed by atoms with Gasteiger partial charge in [-0.05, 0) is 19.3 Å². The first-order valence-electron chi connectivity index (χ1n) is 6.35. The number of hydrogen-bond donors (Lipinski definition) is 1. The fourth-order valence-corrected chi connectivity index (χ4v) is 3.25. The van der Waals surface area contributed by atoms with Crippen LogP contribution < -0.4 is 9.47 Å². The summed E-state index contributed by atoms with van der Waals surface area (Å²) in [7, 11) is -3.80. The second kappa shape index (κ2) is 8.60. The van der Waals surface area contributed by atoms with E-state index >= 15 is 0 Å². The van der Waals surface area contributed by atoms with Crippen molar-refractivity contribution in [3.05, 3.63) is 10.8 Å². The summed E-state index contributed by atoms with van der Waals surface area (Å²) in [4.78, 5) is 0. The number of unbranched alkanes of at least 4 members (excludes halogenated alkanes) is 3. The molecule has 1 radical (unpaired) electrons. The largest absolute Gasteiger partial charge is 0.485 e. The number of thiophene rings is 1. The van der Waals surface area contributed by atoms with Crippen molar-refractivity contribution in [2.45, 2.75) is 38.2 Å². The molecule has 0 aliphatic carbocycles. The average molecular weight is 329 g/mol. The van der Waals surface area contributed by atoms with E-state index in [-0.39, 0.29) is 41.4 Å². The normalized spacial score (nSPS) is 17.6. The first-order chi connectivity index (χ1) is 9.04. The third kappa shape index (κ3) is 6.32. The Balaban J connectivity index is 0.00000200. The van der Waals surface area contributed by atoms with Gasteiger partial charge in [-0.25, -0.2) is 0 Å². The summed E-state index contributed by atoms with van der Waals surface area (Å²) in [5, 5.41) is 3.87. The Hall–Kier alpha value is 0.210. The van der Waals surface area contributed by atoms with Gasteiger partial charge in [0.15, 0.2) is 11.5 Å². The van der Waals surface area contributed by atoms with Crippen molar-refractivity contribution in [2.75, 3.05) is 12.4 Å². The summed E-state index contributed by atoms with van der Waals surface area (Å²) >= 11 is 1.56. The van der Waals surface area contributed by atoms with E-state index in [0.717, 1.165) is 37.2 Å². The van der Waals surface area contributed by atoms with Crippen LogP contribution in [0.1, 0.15) is 32.1 Å². The van der Waals surface area contributed by atoms with Crippen molar-refractivity contribution in [3.63, 3.8) is 0 Å². The maximum absolute atomic E-state index is 10.5. The van der Waals surface area contributed by atoms with Crippen LogP contribution in [0.5, 0.6) is 11.5 Å². The number of fused-ring (bicyclic) bond motifs is 1. The third-order valence-corrected chi connectivity index (χ3v) is 4.49. The summed E-state index contributed by atoms with van der Waals surface area (Å²) in [5.41, 5.74) is 0. The van der Waals surface area contributed by atoms with E-state index < -0.39 is 10.1 Å². The van der Waals surface area contributed by atoms with E-state index in [0.29, 0.717) is 13.0 Å². The molecule has 1 aliphatic heterocycles. The van der Waals surface area contributed by atoms with Gasteiger partial charge < -0.3 is 9.47 Å². The number of ether oxygens (including phenoxy) is 2. The fraction of sp³-hybridized carbons (Fsp3) is 0.667. The summed E-state index contributed by atoms with van der Waals surface area (Å²) in [6, 6.07) is 0. The topological polar surface area (TPSA) is 72.8 Å². The van der Waals surface area contributed by atoms with Gasteiger partial charge in [0, 0.05) is 40.3 Å². The SMILES string of the molecule is O=S(=O)(O)CCCCCCC1COc2cscc2O1.[Na]. The second-order valence-corrected chi connectivity index (χ2v) is 6.96. The minimum atomic E-state index is -3.80. The molecule has 0 bridgehead atoms. The minimum Gasteiger partial charge on any atom is -0.485 e. The summed E-state index contributed by atoms with van der Waals surface area (Å²) in [5.74, 6) is 1.51. The van der Waals surface area contributed by atoms with Crippen molar-refractivity contribution in [1.29, 1.82) is 0 Å². The molecule has 0 fully saturated rings. The Kier molecular flexibility index (Phi) is 7.86. The van der Waals surface area contributed by atoms with Crippen LogP contribution in [0.25, 0.3) is 0 Å². The van der Waals surface area contributed by atoms with Gasteiger partial charge in [0.05, 0.1) is 5.75 Å². The number of rotatable bonds is 7. The molecular formula is C12H18NaO5S2. The van der Waals surface area contributed by atoms with Gasteiger partial charge in [-0.2, -0.15) is 8.42 Å². The molecule has 1 N–H and O–H groups in total. The van der Waals surface area contributed by atoms with Crippen molar-refractivity contribution < 1.29 is 22.4 Å². The second-order valence-electron chi connectivity index (χ2n) is 4.64. The molecule has 0 amide bonds. The van der Waals surface area contributed by atoms with Gasteiger partial charge in [-0.15, -0.1) is 11.3 Å². The monoisotopic (exact) mass is 329 g/mol. The minimum absolute atomic E-state index is 0. The van der Waals surface area contributed by atoms with Crippen LogP contribution in [0.15, 0.2) is 10.8 Å². The molecule has 0 saturated heterocycles. The molecule has 0 aromatic carbocycles. The maximum Gasteiger partial charge on any atom is 0.264 e. The molecule has 1 aromatic rings. The van der Waals surface area contributed by atoms with Gasteiger partial charge in [-0.1, -0.05) is 12.8 Å². The maximum atomic E-state index is 10.5. The summed E-state index contributed by atoms with van der Waals surface area (Å²) < 4.78 is 41.0. The van der Waals surface area contributed by atoms with E-state index in [1.807, 2.05) is 10.8 Å². The first kappa shape index (κ1) is 18.3. The molecule has 1 unspecified atom stereocenters. The fourth-order valence-electron chi connectivity index (χ4n) is 2.01. The molecule has 2 rings (SSSR count). The van der Waals surface area contributed by atoms with Crippen LogP contribution in [-0.4, -0.2) is 61.0 Å². The third-order valence-electron chi connectivity index (χ3n) is 2.99. The van der Waals surface area contributed by atoms with E-state index in [1.54, 1.807) is 11.3 Å². The van der Waals surface area contributed by atoms with Gasteiger partial charge in [0.1, 0.15) is 12.7 Å². The molecule has 0 saturated carbocycles. The Bertz CT molecular complexity index is 500. The zero-order chi connectivity index (χ0) is 13.7. The van der Waals surface area contributed by atoms with Crippen LogP contribution in [0, 0.1) is 0 Å². The van der Waals surface area contributed by atoms with E-state index in [1.165, 1.54) is 0 Å². The Morgan fingerprint density at radius 3 is 2.65 bits per heavy atom. The molecule has 0 spiro atoms. The Labute approximate surface area is 145 Å². The van der Waals surface area contributed by atoms with Crippen molar-refractivity contribution in [3.8, 4) is 11.5 Å². The molecule has 1 aliphatic rings. The van der Waals surface area contributed by atoms with Crippen LogP contribution in [0.4, 0.5) is 0 Å². The van der Waals surface area contributed by atoms with Gasteiger partial charge in [0.2, 0.25) is 0 Å². The molecule has 5 nitrogen and oxygen atoms in total. The smallest absolute Gasteiger partial charge is 0.264 e. The zero-order valence-corrected chi connectivity index (χ0v) is 15.2. The Morgan fingerprint density at radius 2 is 1.90 bits per heavy atom. The van der Waals surface area contributed by atoms with E-state index in [9.17, 15) is 8.42 Å². The van der Waals surface area contributed by atoms with E-state index in [4.69, 9.17) is 14.0 Å². The molecule has 1 aromatic heterocycles. The Morgan fingerprint density at radius 1 is 1.20 bits per heavy atom. The predicted octanol–water partition coefficient (Wildman–Crippen LogP) is 2.35. The molecular weight excluding hydrogens is 311 g/mol.